The number of ether oxygens (including phenoxy) is 1. The topological polar surface area (TPSA) is 127 Å². The van der Waals surface area contributed by atoms with Gasteiger partial charge in [0.25, 0.3) is 15.9 Å². The van der Waals surface area contributed by atoms with Crippen LogP contribution in [0.4, 0.5) is 11.5 Å². The highest BCUT2D eigenvalue weighted by Crippen LogP contribution is 2.36. The lowest BCUT2D eigenvalue weighted by Crippen LogP contribution is -2.21. The number of pyridine rings is 1. The van der Waals surface area contributed by atoms with E-state index in [0.717, 1.165) is 26.2 Å². The van der Waals surface area contributed by atoms with E-state index in [2.05, 4.69) is 15.0 Å². The molecule has 0 saturated carbocycles. The van der Waals surface area contributed by atoms with Crippen LogP contribution in [0, 0.1) is 0 Å². The van der Waals surface area contributed by atoms with Gasteiger partial charge >= 0.3 is 5.97 Å². The summed E-state index contributed by atoms with van der Waals surface area (Å²) in [6.45, 7) is -0.528. The van der Waals surface area contributed by atoms with E-state index in [0.29, 0.717) is 16.6 Å². The molecule has 11 heteroatoms. The largest absolute Gasteiger partial charge is 0.452 e. The molecule has 0 atom stereocenters. The number of benzene rings is 4. The molecular formula is C31H22N4O5S2. The van der Waals surface area contributed by atoms with Gasteiger partial charge in [0.05, 0.1) is 20.7 Å². The standard InChI is InChI=1S/C31H22N4O5S2/c36-28(33-21-14-16-22(17-15-21)42(38,39)35-27-13-3-4-18-32-27)19-40-31(37)24-10-6-8-20-7-5-9-23(29(20)24)30-34-25-11-1-2-12-26(25)41-30/h1-18H,19H2,(H,32,35)(H,33,36). The molecule has 2 N–H and O–H groups in total. The van der Waals surface area contributed by atoms with Crippen LogP contribution in [-0.4, -0.2) is 36.9 Å². The molecule has 0 radical (unpaired) electrons. The zero-order chi connectivity index (χ0) is 29.1. The fraction of sp³-hybridized carbons (Fsp3) is 0.0323. The molecule has 2 heterocycles. The quantitative estimate of drug-likeness (QED) is 0.204. The van der Waals surface area contributed by atoms with E-state index in [1.54, 1.807) is 24.3 Å². The first-order valence-electron chi connectivity index (χ1n) is 12.8. The summed E-state index contributed by atoms with van der Waals surface area (Å²) in [5.74, 6) is -1.03. The van der Waals surface area contributed by atoms with Gasteiger partial charge in [0.1, 0.15) is 10.8 Å². The number of nitrogens with zero attached hydrogens (tertiary/aromatic N) is 2. The predicted molar refractivity (Wildman–Crippen MR) is 163 cm³/mol. The van der Waals surface area contributed by atoms with E-state index in [-0.39, 0.29) is 10.7 Å². The van der Waals surface area contributed by atoms with Gasteiger partial charge in [-0.3, -0.25) is 9.52 Å². The molecular weight excluding hydrogens is 572 g/mol. The van der Waals surface area contributed by atoms with E-state index in [4.69, 9.17) is 9.72 Å². The lowest BCUT2D eigenvalue weighted by atomic mass is 9.99. The molecule has 6 rings (SSSR count). The smallest absolute Gasteiger partial charge is 0.339 e. The van der Waals surface area contributed by atoms with Crippen molar-refractivity contribution >= 4 is 65.7 Å². The van der Waals surface area contributed by atoms with Crippen molar-refractivity contribution in [2.24, 2.45) is 0 Å². The average Bonchev–Trinajstić information content (AvgIpc) is 3.44. The van der Waals surface area contributed by atoms with Crippen LogP contribution in [0.5, 0.6) is 0 Å². The highest BCUT2D eigenvalue weighted by Gasteiger charge is 2.19. The maximum Gasteiger partial charge on any atom is 0.339 e. The first-order valence-corrected chi connectivity index (χ1v) is 15.1. The Morgan fingerprint density at radius 1 is 0.833 bits per heavy atom. The number of carbonyl (C=O) groups is 2. The molecule has 1 amide bonds. The number of carbonyl (C=O) groups excluding carboxylic acids is 2. The molecule has 208 valence electrons. The first kappa shape index (κ1) is 27.1. The number of hydrogen-bond donors (Lipinski definition) is 2. The highest BCUT2D eigenvalue weighted by molar-refractivity contribution is 7.92. The van der Waals surface area contributed by atoms with Crippen LogP contribution in [0.3, 0.4) is 0 Å². The second-order valence-electron chi connectivity index (χ2n) is 9.17. The van der Waals surface area contributed by atoms with Crippen LogP contribution < -0.4 is 10.0 Å². The zero-order valence-electron chi connectivity index (χ0n) is 21.9. The molecule has 6 aromatic rings. The van der Waals surface area contributed by atoms with Gasteiger partial charge in [-0.2, -0.15) is 0 Å². The Labute approximate surface area is 244 Å². The van der Waals surface area contributed by atoms with Gasteiger partial charge in [-0.15, -0.1) is 11.3 Å². The van der Waals surface area contributed by atoms with Gasteiger partial charge in [0, 0.05) is 22.8 Å². The summed E-state index contributed by atoms with van der Waals surface area (Å²) in [7, 11) is -3.86. The van der Waals surface area contributed by atoms with Crippen molar-refractivity contribution in [3.8, 4) is 10.6 Å². The summed E-state index contributed by atoms with van der Waals surface area (Å²) >= 11 is 1.54. The van der Waals surface area contributed by atoms with Crippen LogP contribution in [0.15, 0.2) is 114 Å². The van der Waals surface area contributed by atoms with Crippen molar-refractivity contribution < 1.29 is 22.7 Å². The number of rotatable bonds is 8. The monoisotopic (exact) mass is 594 g/mol. The lowest BCUT2D eigenvalue weighted by molar-refractivity contribution is -0.119. The fourth-order valence-electron chi connectivity index (χ4n) is 4.42. The maximum absolute atomic E-state index is 13.2. The van der Waals surface area contributed by atoms with Crippen molar-refractivity contribution in [2.45, 2.75) is 4.90 Å². The molecule has 0 bridgehead atoms. The highest BCUT2D eigenvalue weighted by atomic mass is 32.2. The summed E-state index contributed by atoms with van der Waals surface area (Å²) in [6, 6.07) is 29.4. The molecule has 42 heavy (non-hydrogen) atoms. The number of hydrogen-bond acceptors (Lipinski definition) is 8. The van der Waals surface area contributed by atoms with Crippen LogP contribution in [0.25, 0.3) is 31.6 Å². The number of thiazole rings is 1. The minimum absolute atomic E-state index is 0.00235. The van der Waals surface area contributed by atoms with Gasteiger partial charge in [-0.05, 0) is 60.0 Å². The van der Waals surface area contributed by atoms with Crippen LogP contribution in [0.2, 0.25) is 0 Å². The third-order valence-corrected chi connectivity index (χ3v) is 8.78. The number of amides is 1. The molecule has 0 unspecified atom stereocenters. The summed E-state index contributed by atoms with van der Waals surface area (Å²) in [6.07, 6.45) is 1.48. The number of sulfonamides is 1. The third-order valence-electron chi connectivity index (χ3n) is 6.34. The maximum atomic E-state index is 13.2. The molecule has 0 aliphatic carbocycles. The minimum atomic E-state index is -3.86. The first-order chi connectivity index (χ1) is 20.4. The number of para-hydroxylation sites is 1. The Balaban J connectivity index is 1.15. The van der Waals surface area contributed by atoms with Crippen LogP contribution in [0.1, 0.15) is 10.4 Å². The van der Waals surface area contributed by atoms with Gasteiger partial charge < -0.3 is 10.1 Å². The van der Waals surface area contributed by atoms with E-state index < -0.39 is 28.5 Å². The molecule has 9 nitrogen and oxygen atoms in total. The molecule has 0 fully saturated rings. The van der Waals surface area contributed by atoms with Crippen LogP contribution >= 0.6 is 11.3 Å². The Morgan fingerprint density at radius 3 is 2.36 bits per heavy atom. The second kappa shape index (κ2) is 11.4. The second-order valence-corrected chi connectivity index (χ2v) is 11.9. The molecule has 0 aliphatic rings. The van der Waals surface area contributed by atoms with Gasteiger partial charge in [0.2, 0.25) is 0 Å². The van der Waals surface area contributed by atoms with Gasteiger partial charge in [-0.1, -0.05) is 48.5 Å². The third kappa shape index (κ3) is 5.69. The zero-order valence-corrected chi connectivity index (χ0v) is 23.5. The fourth-order valence-corrected chi connectivity index (χ4v) is 6.43. The predicted octanol–water partition coefficient (Wildman–Crippen LogP) is 6.11. The molecule has 4 aromatic carbocycles. The number of esters is 1. The summed E-state index contributed by atoms with van der Waals surface area (Å²) in [4.78, 5) is 34.5. The van der Waals surface area contributed by atoms with Gasteiger partial charge in [0.15, 0.2) is 6.61 Å². The van der Waals surface area contributed by atoms with E-state index in [9.17, 15) is 18.0 Å². The van der Waals surface area contributed by atoms with Crippen LogP contribution in [-0.2, 0) is 19.6 Å². The van der Waals surface area contributed by atoms with Crippen molar-refractivity contribution in [1.82, 2.24) is 9.97 Å². The SMILES string of the molecule is O=C(COC(=O)c1cccc2cccc(-c3nc4ccccc4s3)c12)Nc1ccc(S(=O)(=O)Nc2ccccn2)cc1. The van der Waals surface area contributed by atoms with Crippen molar-refractivity contribution in [1.29, 1.82) is 0 Å². The summed E-state index contributed by atoms with van der Waals surface area (Å²) in [5, 5.41) is 4.93. The van der Waals surface area contributed by atoms with E-state index >= 15 is 0 Å². The van der Waals surface area contributed by atoms with Crippen molar-refractivity contribution in [3.05, 3.63) is 115 Å². The Morgan fingerprint density at radius 2 is 1.60 bits per heavy atom. The summed E-state index contributed by atoms with van der Waals surface area (Å²) in [5.41, 5.74) is 2.35. The normalized spacial score (nSPS) is 11.3. The van der Waals surface area contributed by atoms with Crippen molar-refractivity contribution in [3.63, 3.8) is 0 Å². The molecule has 2 aromatic heterocycles. The number of aromatic nitrogens is 2. The Hall–Kier alpha value is -5.13. The molecule has 0 saturated heterocycles. The molecule has 0 aliphatic heterocycles. The molecule has 0 spiro atoms. The average molecular weight is 595 g/mol. The van der Waals surface area contributed by atoms with E-state index in [1.165, 1.54) is 47.9 Å². The van der Waals surface area contributed by atoms with E-state index in [1.807, 2.05) is 48.5 Å². The lowest BCUT2D eigenvalue weighted by Gasteiger charge is -2.11. The Bertz CT molecular complexity index is 2010. The minimum Gasteiger partial charge on any atom is -0.452 e. The Kier molecular flexibility index (Phi) is 7.34. The number of nitrogens with one attached hydrogen (secondary N) is 2. The number of anilines is 2. The summed E-state index contributed by atoms with van der Waals surface area (Å²) < 4.78 is 34.0. The van der Waals surface area contributed by atoms with Gasteiger partial charge in [-0.25, -0.2) is 23.2 Å². The van der Waals surface area contributed by atoms with Crippen molar-refractivity contribution in [2.75, 3.05) is 16.6 Å². The number of fused-ring (bicyclic) bond motifs is 2.